The maximum Gasteiger partial charge on any atom is 0.146 e. The second kappa shape index (κ2) is 6.84. The van der Waals surface area contributed by atoms with Crippen LogP contribution in [0.5, 0.6) is 5.75 Å². The van der Waals surface area contributed by atoms with E-state index in [1.165, 1.54) is 0 Å². The van der Waals surface area contributed by atoms with Gasteiger partial charge < -0.3 is 9.75 Å². The van der Waals surface area contributed by atoms with E-state index in [0.29, 0.717) is 6.61 Å². The van der Waals surface area contributed by atoms with Gasteiger partial charge in [0.05, 0.1) is 28.6 Å². The Morgan fingerprint density at radius 1 is 1.19 bits per heavy atom. The number of aryl methyl sites for hydroxylation is 1. The average molecular weight is 365 g/mol. The zero-order chi connectivity index (χ0) is 18.1. The SMILES string of the molecule is Cc1nc(-c2cccnc2)sc1-c1ccc2c(n1)/C(=N/N(C)C)CCO2. The van der Waals surface area contributed by atoms with Crippen molar-refractivity contribution in [2.24, 2.45) is 5.10 Å². The second-order valence-electron chi connectivity index (χ2n) is 6.21. The Labute approximate surface area is 156 Å². The van der Waals surface area contributed by atoms with Crippen LogP contribution in [-0.2, 0) is 0 Å². The molecule has 0 bridgehead atoms. The van der Waals surface area contributed by atoms with Gasteiger partial charge in [0.2, 0.25) is 0 Å². The van der Waals surface area contributed by atoms with E-state index in [2.05, 4.69) is 10.1 Å². The van der Waals surface area contributed by atoms with Crippen LogP contribution in [0.3, 0.4) is 0 Å². The molecule has 0 atom stereocenters. The van der Waals surface area contributed by atoms with E-state index in [4.69, 9.17) is 14.7 Å². The largest absolute Gasteiger partial charge is 0.491 e. The third kappa shape index (κ3) is 3.17. The van der Waals surface area contributed by atoms with Crippen molar-refractivity contribution in [1.82, 2.24) is 20.0 Å². The third-order valence-corrected chi connectivity index (χ3v) is 5.22. The van der Waals surface area contributed by atoms with Crippen molar-refractivity contribution in [2.75, 3.05) is 20.7 Å². The number of hydrazone groups is 1. The lowest BCUT2D eigenvalue weighted by molar-refractivity contribution is 0.315. The number of hydrogen-bond acceptors (Lipinski definition) is 7. The van der Waals surface area contributed by atoms with Crippen molar-refractivity contribution in [3.63, 3.8) is 0 Å². The summed E-state index contributed by atoms with van der Waals surface area (Å²) in [6.45, 7) is 2.64. The molecule has 0 aromatic carbocycles. The van der Waals surface area contributed by atoms with Crippen molar-refractivity contribution >= 4 is 17.0 Å². The van der Waals surface area contributed by atoms with Gasteiger partial charge in [-0.1, -0.05) is 0 Å². The molecule has 1 aliphatic rings. The molecule has 0 spiro atoms. The minimum Gasteiger partial charge on any atom is -0.491 e. The number of thiazole rings is 1. The third-order valence-electron chi connectivity index (χ3n) is 3.99. The first-order valence-electron chi connectivity index (χ1n) is 8.39. The van der Waals surface area contributed by atoms with Gasteiger partial charge in [-0.3, -0.25) is 4.98 Å². The Morgan fingerprint density at radius 2 is 2.08 bits per heavy atom. The summed E-state index contributed by atoms with van der Waals surface area (Å²) in [5, 5.41) is 7.33. The predicted molar refractivity (Wildman–Crippen MR) is 104 cm³/mol. The maximum absolute atomic E-state index is 5.75. The first-order chi connectivity index (χ1) is 12.6. The smallest absolute Gasteiger partial charge is 0.146 e. The van der Waals surface area contributed by atoms with Crippen LogP contribution >= 0.6 is 11.3 Å². The van der Waals surface area contributed by atoms with Crippen LogP contribution in [0.15, 0.2) is 41.8 Å². The molecule has 4 heterocycles. The number of pyridine rings is 2. The van der Waals surface area contributed by atoms with Gasteiger partial charge in [-0.15, -0.1) is 11.3 Å². The molecule has 0 unspecified atom stereocenters. The average Bonchev–Trinajstić information content (AvgIpc) is 3.04. The molecule has 0 saturated carbocycles. The van der Waals surface area contributed by atoms with Crippen molar-refractivity contribution in [1.29, 1.82) is 0 Å². The van der Waals surface area contributed by atoms with Gasteiger partial charge in [-0.05, 0) is 31.2 Å². The van der Waals surface area contributed by atoms with E-state index >= 15 is 0 Å². The van der Waals surface area contributed by atoms with E-state index in [9.17, 15) is 0 Å². The predicted octanol–water partition coefficient (Wildman–Crippen LogP) is 3.62. The second-order valence-corrected chi connectivity index (χ2v) is 7.21. The van der Waals surface area contributed by atoms with Gasteiger partial charge >= 0.3 is 0 Å². The van der Waals surface area contributed by atoms with Crippen LogP contribution in [0.25, 0.3) is 21.1 Å². The highest BCUT2D eigenvalue weighted by Crippen LogP contribution is 2.36. The minimum absolute atomic E-state index is 0.630. The van der Waals surface area contributed by atoms with Crippen molar-refractivity contribution in [3.05, 3.63) is 48.0 Å². The summed E-state index contributed by atoms with van der Waals surface area (Å²) in [7, 11) is 3.83. The summed E-state index contributed by atoms with van der Waals surface area (Å²) in [6.07, 6.45) is 4.35. The number of rotatable bonds is 3. The van der Waals surface area contributed by atoms with Gasteiger partial charge in [-0.2, -0.15) is 5.10 Å². The molecule has 1 aliphatic heterocycles. The first-order valence-corrected chi connectivity index (χ1v) is 9.20. The molecule has 0 saturated heterocycles. The van der Waals surface area contributed by atoms with Crippen LogP contribution in [0.1, 0.15) is 17.8 Å². The summed E-state index contributed by atoms with van der Waals surface area (Å²) in [5.74, 6) is 0.787. The highest BCUT2D eigenvalue weighted by molar-refractivity contribution is 7.18. The van der Waals surface area contributed by atoms with Gasteiger partial charge in [0.1, 0.15) is 16.5 Å². The van der Waals surface area contributed by atoms with Crippen LogP contribution in [0, 0.1) is 6.92 Å². The molecule has 0 aliphatic carbocycles. The Balaban J connectivity index is 1.77. The molecule has 0 amide bonds. The van der Waals surface area contributed by atoms with Crippen molar-refractivity contribution in [3.8, 4) is 26.9 Å². The Kier molecular flexibility index (Phi) is 4.38. The number of nitrogens with zero attached hydrogens (tertiary/aromatic N) is 5. The summed E-state index contributed by atoms with van der Waals surface area (Å²) in [4.78, 5) is 14.8. The molecular formula is C19H19N5OS. The van der Waals surface area contributed by atoms with Crippen LogP contribution in [0.2, 0.25) is 0 Å². The van der Waals surface area contributed by atoms with E-state index in [-0.39, 0.29) is 0 Å². The zero-order valence-corrected chi connectivity index (χ0v) is 15.7. The van der Waals surface area contributed by atoms with Gasteiger partial charge in [0.25, 0.3) is 0 Å². The van der Waals surface area contributed by atoms with Crippen molar-refractivity contribution < 1.29 is 4.74 Å². The number of fused-ring (bicyclic) bond motifs is 1. The molecule has 7 heteroatoms. The molecule has 3 aromatic heterocycles. The van der Waals surface area contributed by atoms with Gasteiger partial charge in [0, 0.05) is 38.5 Å². The fourth-order valence-electron chi connectivity index (χ4n) is 2.86. The summed E-state index contributed by atoms with van der Waals surface area (Å²) >= 11 is 1.63. The van der Waals surface area contributed by atoms with E-state index in [1.807, 2.05) is 51.5 Å². The number of hydrogen-bond donors (Lipinski definition) is 0. The molecule has 6 nitrogen and oxygen atoms in total. The zero-order valence-electron chi connectivity index (χ0n) is 14.9. The highest BCUT2D eigenvalue weighted by Gasteiger charge is 2.21. The van der Waals surface area contributed by atoms with E-state index in [0.717, 1.165) is 50.4 Å². The fraction of sp³-hybridized carbons (Fsp3) is 0.263. The molecule has 0 N–H and O–H groups in total. The Hall–Kier alpha value is -2.80. The van der Waals surface area contributed by atoms with Crippen LogP contribution < -0.4 is 4.74 Å². The topological polar surface area (TPSA) is 63.5 Å². The van der Waals surface area contributed by atoms with Gasteiger partial charge in [0.15, 0.2) is 0 Å². The molecular weight excluding hydrogens is 346 g/mol. The normalized spacial score (nSPS) is 14.8. The lowest BCUT2D eigenvalue weighted by Crippen LogP contribution is -2.20. The molecule has 0 fully saturated rings. The summed E-state index contributed by atoms with van der Waals surface area (Å²) in [5.41, 5.74) is 4.64. The van der Waals surface area contributed by atoms with Crippen LogP contribution in [0.4, 0.5) is 0 Å². The maximum atomic E-state index is 5.75. The molecule has 4 rings (SSSR count). The van der Waals surface area contributed by atoms with E-state index in [1.54, 1.807) is 22.5 Å². The fourth-order valence-corrected chi connectivity index (χ4v) is 3.88. The van der Waals surface area contributed by atoms with Gasteiger partial charge in [-0.25, -0.2) is 9.97 Å². The molecule has 26 heavy (non-hydrogen) atoms. The summed E-state index contributed by atoms with van der Waals surface area (Å²) < 4.78 is 5.75. The molecule has 0 radical (unpaired) electrons. The monoisotopic (exact) mass is 365 g/mol. The first kappa shape index (κ1) is 16.7. The van der Waals surface area contributed by atoms with Crippen molar-refractivity contribution in [2.45, 2.75) is 13.3 Å². The Morgan fingerprint density at radius 3 is 2.85 bits per heavy atom. The molecule has 3 aromatic rings. The Bertz CT molecular complexity index is 965. The number of ether oxygens (including phenoxy) is 1. The molecule has 132 valence electrons. The quantitative estimate of drug-likeness (QED) is 0.663. The lowest BCUT2D eigenvalue weighted by atomic mass is 10.1. The van der Waals surface area contributed by atoms with Crippen LogP contribution in [-0.4, -0.2) is 46.4 Å². The highest BCUT2D eigenvalue weighted by atomic mass is 32.1. The number of aromatic nitrogens is 3. The summed E-state index contributed by atoms with van der Waals surface area (Å²) in [6, 6.07) is 7.91. The van der Waals surface area contributed by atoms with E-state index < -0.39 is 0 Å². The minimum atomic E-state index is 0.630. The standard InChI is InChI=1S/C19H19N5OS/c1-12-18(26-19(21-12)13-5-4-9-20-11-13)15-6-7-16-17(22-15)14(8-10-25-16)23-24(2)3/h4-7,9,11H,8,10H2,1-3H3/b23-14+. The lowest BCUT2D eigenvalue weighted by Gasteiger charge is -2.20.